The van der Waals surface area contributed by atoms with Gasteiger partial charge in [0, 0.05) is 0 Å². The Morgan fingerprint density at radius 1 is 1.44 bits per heavy atom. The number of hydrogen-bond acceptors (Lipinski definition) is 3. The summed E-state index contributed by atoms with van der Waals surface area (Å²) in [6.07, 6.45) is 3.22. The van der Waals surface area contributed by atoms with Crippen LogP contribution in [0.2, 0.25) is 0 Å². The zero-order valence-electron chi connectivity index (χ0n) is 8.84. The number of nitrogens with zero attached hydrogens (tertiary/aromatic N) is 2. The van der Waals surface area contributed by atoms with E-state index < -0.39 is 0 Å². The summed E-state index contributed by atoms with van der Waals surface area (Å²) in [5.74, 6) is 0.670. The lowest BCUT2D eigenvalue weighted by molar-refractivity contribution is 0.363. The van der Waals surface area contributed by atoms with Gasteiger partial charge in [-0.1, -0.05) is 24.8 Å². The van der Waals surface area contributed by atoms with Gasteiger partial charge in [-0.05, 0) is 17.7 Å². The molecule has 5 heteroatoms. The smallest absolute Gasteiger partial charge is 0.211 e. The van der Waals surface area contributed by atoms with Crippen molar-refractivity contribution in [2.75, 3.05) is 6.61 Å². The normalized spacial score (nSPS) is 10.0. The number of guanidine groups is 1. The summed E-state index contributed by atoms with van der Waals surface area (Å²) >= 11 is 0. The summed E-state index contributed by atoms with van der Waals surface area (Å²) < 4.78 is 5.36. The van der Waals surface area contributed by atoms with Crippen molar-refractivity contribution in [1.29, 1.82) is 0 Å². The highest BCUT2D eigenvalue weighted by molar-refractivity contribution is 5.81. The highest BCUT2D eigenvalue weighted by Crippen LogP contribution is 2.11. The van der Waals surface area contributed by atoms with E-state index in [4.69, 9.17) is 16.2 Å². The Labute approximate surface area is 94.1 Å². The van der Waals surface area contributed by atoms with Crippen molar-refractivity contribution in [3.63, 3.8) is 0 Å². The molecule has 0 bridgehead atoms. The van der Waals surface area contributed by atoms with Crippen LogP contribution in [0.5, 0.6) is 5.75 Å². The molecule has 1 rings (SSSR count). The van der Waals surface area contributed by atoms with Gasteiger partial charge < -0.3 is 16.2 Å². The Morgan fingerprint density at radius 2 is 2.25 bits per heavy atom. The van der Waals surface area contributed by atoms with Gasteiger partial charge in [-0.25, -0.2) is 0 Å². The van der Waals surface area contributed by atoms with Crippen LogP contribution in [0.3, 0.4) is 0 Å². The van der Waals surface area contributed by atoms with E-state index in [0.29, 0.717) is 6.61 Å². The fraction of sp³-hybridized carbons (Fsp3) is 0.0909. The van der Waals surface area contributed by atoms with Crippen molar-refractivity contribution in [2.24, 2.45) is 21.7 Å². The first kappa shape index (κ1) is 11.8. The maximum atomic E-state index is 5.36. The van der Waals surface area contributed by atoms with E-state index in [9.17, 15) is 0 Å². The second-order valence-corrected chi connectivity index (χ2v) is 2.94. The minimum atomic E-state index is -0.0738. The second kappa shape index (κ2) is 6.23. The molecule has 0 heterocycles. The Balaban J connectivity index is 2.70. The Kier molecular flexibility index (Phi) is 4.59. The lowest BCUT2D eigenvalue weighted by Crippen LogP contribution is -2.21. The van der Waals surface area contributed by atoms with Crippen LogP contribution in [0.25, 0.3) is 0 Å². The molecule has 0 aromatic heterocycles. The number of ether oxygens (including phenoxy) is 1. The SMILES string of the molecule is C=CCOc1cccc(/C=N\N=C(N)N)c1. The summed E-state index contributed by atoms with van der Waals surface area (Å²) in [6, 6.07) is 7.40. The fourth-order valence-corrected chi connectivity index (χ4v) is 1.00. The van der Waals surface area contributed by atoms with Crippen LogP contribution in [0, 0.1) is 0 Å². The first-order valence-electron chi connectivity index (χ1n) is 4.68. The van der Waals surface area contributed by atoms with E-state index in [1.165, 1.54) is 0 Å². The lowest BCUT2D eigenvalue weighted by atomic mass is 10.2. The number of rotatable bonds is 5. The Hall–Kier alpha value is -2.30. The molecule has 1 aromatic rings. The molecule has 0 atom stereocenters. The third-order valence-electron chi connectivity index (χ3n) is 1.61. The number of hydrogen-bond donors (Lipinski definition) is 2. The fourth-order valence-electron chi connectivity index (χ4n) is 1.00. The van der Waals surface area contributed by atoms with E-state index >= 15 is 0 Å². The predicted octanol–water partition coefficient (Wildman–Crippen LogP) is 0.859. The van der Waals surface area contributed by atoms with Gasteiger partial charge in [0.05, 0.1) is 6.21 Å². The molecule has 5 nitrogen and oxygen atoms in total. The van der Waals surface area contributed by atoms with Crippen LogP contribution >= 0.6 is 0 Å². The van der Waals surface area contributed by atoms with E-state index in [1.54, 1.807) is 12.3 Å². The molecule has 0 saturated heterocycles. The molecule has 0 spiro atoms. The average Bonchev–Trinajstić information content (AvgIpc) is 2.26. The second-order valence-electron chi connectivity index (χ2n) is 2.94. The predicted molar refractivity (Wildman–Crippen MR) is 65.5 cm³/mol. The topological polar surface area (TPSA) is 86.0 Å². The molecule has 84 valence electrons. The van der Waals surface area contributed by atoms with Crippen LogP contribution < -0.4 is 16.2 Å². The zero-order chi connectivity index (χ0) is 11.8. The largest absolute Gasteiger partial charge is 0.490 e. The van der Waals surface area contributed by atoms with Crippen LogP contribution in [-0.2, 0) is 0 Å². The van der Waals surface area contributed by atoms with E-state index in [2.05, 4.69) is 16.8 Å². The van der Waals surface area contributed by atoms with Crippen molar-refractivity contribution in [1.82, 2.24) is 0 Å². The summed E-state index contributed by atoms with van der Waals surface area (Å²) in [6.45, 7) is 4.04. The molecule has 0 saturated carbocycles. The molecule has 0 radical (unpaired) electrons. The highest BCUT2D eigenvalue weighted by atomic mass is 16.5. The van der Waals surface area contributed by atoms with Gasteiger partial charge in [-0.15, -0.1) is 5.10 Å². The molecule has 4 N–H and O–H groups in total. The maximum Gasteiger partial charge on any atom is 0.211 e. The molecule has 0 amide bonds. The summed E-state index contributed by atoms with van der Waals surface area (Å²) in [7, 11) is 0. The third-order valence-corrected chi connectivity index (χ3v) is 1.61. The Morgan fingerprint density at radius 3 is 2.94 bits per heavy atom. The lowest BCUT2D eigenvalue weighted by Gasteiger charge is -2.02. The van der Waals surface area contributed by atoms with Crippen molar-refractivity contribution in [3.05, 3.63) is 42.5 Å². The summed E-state index contributed by atoms with van der Waals surface area (Å²) in [5.41, 5.74) is 11.1. The molecule has 0 aliphatic rings. The molecule has 0 unspecified atom stereocenters. The molecular weight excluding hydrogens is 204 g/mol. The van der Waals surface area contributed by atoms with Crippen molar-refractivity contribution < 1.29 is 4.74 Å². The average molecular weight is 218 g/mol. The third kappa shape index (κ3) is 4.28. The van der Waals surface area contributed by atoms with Crippen molar-refractivity contribution >= 4 is 12.2 Å². The summed E-state index contributed by atoms with van der Waals surface area (Å²) in [4.78, 5) is 0. The van der Waals surface area contributed by atoms with Crippen LogP contribution in [0.15, 0.2) is 47.1 Å². The van der Waals surface area contributed by atoms with Gasteiger partial charge in [-0.3, -0.25) is 0 Å². The maximum absolute atomic E-state index is 5.36. The zero-order valence-corrected chi connectivity index (χ0v) is 8.84. The van der Waals surface area contributed by atoms with Crippen molar-refractivity contribution in [2.45, 2.75) is 0 Å². The van der Waals surface area contributed by atoms with E-state index in [-0.39, 0.29) is 5.96 Å². The monoisotopic (exact) mass is 218 g/mol. The van der Waals surface area contributed by atoms with Gasteiger partial charge in [0.1, 0.15) is 12.4 Å². The van der Waals surface area contributed by atoms with E-state index in [1.807, 2.05) is 24.3 Å². The first-order valence-corrected chi connectivity index (χ1v) is 4.68. The molecule has 16 heavy (non-hydrogen) atoms. The van der Waals surface area contributed by atoms with Gasteiger partial charge >= 0.3 is 0 Å². The molecule has 1 aromatic carbocycles. The molecular formula is C11H14N4O. The van der Waals surface area contributed by atoms with Crippen LogP contribution in [0.1, 0.15) is 5.56 Å². The van der Waals surface area contributed by atoms with Gasteiger partial charge in [0.15, 0.2) is 0 Å². The van der Waals surface area contributed by atoms with Gasteiger partial charge in [0.2, 0.25) is 5.96 Å². The Bertz CT molecular complexity index is 408. The highest BCUT2D eigenvalue weighted by Gasteiger charge is 1.93. The molecule has 0 fully saturated rings. The first-order chi connectivity index (χ1) is 7.72. The van der Waals surface area contributed by atoms with Gasteiger partial charge in [0.25, 0.3) is 0 Å². The van der Waals surface area contributed by atoms with E-state index in [0.717, 1.165) is 11.3 Å². The van der Waals surface area contributed by atoms with Crippen LogP contribution in [0.4, 0.5) is 0 Å². The number of nitrogens with two attached hydrogens (primary N) is 2. The summed E-state index contributed by atoms with van der Waals surface area (Å²) in [5, 5.41) is 7.20. The quantitative estimate of drug-likeness (QED) is 0.332. The minimum Gasteiger partial charge on any atom is -0.490 e. The minimum absolute atomic E-state index is 0.0738. The molecule has 0 aliphatic carbocycles. The molecule has 0 aliphatic heterocycles. The van der Waals surface area contributed by atoms with Crippen molar-refractivity contribution in [3.8, 4) is 5.75 Å². The standard InChI is InChI=1S/C11H14N4O/c1-2-6-16-10-5-3-4-9(7-10)8-14-15-11(12)13/h2-5,7-8H,1,6H2,(H4,12,13,15)/b14-8-. The van der Waals surface area contributed by atoms with Gasteiger partial charge in [-0.2, -0.15) is 5.10 Å². The van der Waals surface area contributed by atoms with Crippen LogP contribution in [-0.4, -0.2) is 18.8 Å². The number of benzene rings is 1.